The van der Waals surface area contributed by atoms with E-state index in [2.05, 4.69) is 65.8 Å². The third-order valence-corrected chi connectivity index (χ3v) is 10.3. The quantitative estimate of drug-likeness (QED) is 0.0635. The Bertz CT molecular complexity index is 2520. The van der Waals surface area contributed by atoms with Crippen LogP contribution in [0.15, 0.2) is 127 Å². The minimum absolute atomic E-state index is 0.00891. The SMILES string of the molecule is CC(C)(CNC(=O)C(=O)Nc1ccc(-c2ccc(-c3ccccc3)cc2)cc1)CNC(=O)c1ccc(Nc2nc(NC3(c4ccc(Cl)cc4)CC3)nc(OCC(F)(F)F)n2)cc1. The van der Waals surface area contributed by atoms with Gasteiger partial charge in [-0.15, -0.1) is 0 Å². The summed E-state index contributed by atoms with van der Waals surface area (Å²) in [4.78, 5) is 51.0. The van der Waals surface area contributed by atoms with Gasteiger partial charge in [0.15, 0.2) is 6.61 Å². The summed E-state index contributed by atoms with van der Waals surface area (Å²) < 4.78 is 43.9. The molecule has 12 nitrogen and oxygen atoms in total. The Morgan fingerprint density at radius 3 is 1.81 bits per heavy atom. The predicted octanol–water partition coefficient (Wildman–Crippen LogP) is 9.16. The molecule has 1 aliphatic carbocycles. The van der Waals surface area contributed by atoms with E-state index in [0.29, 0.717) is 22.0 Å². The van der Waals surface area contributed by atoms with Gasteiger partial charge in [0.1, 0.15) is 0 Å². The van der Waals surface area contributed by atoms with Crippen LogP contribution in [0.3, 0.4) is 0 Å². The Balaban J connectivity index is 0.888. The van der Waals surface area contributed by atoms with Gasteiger partial charge in [-0.2, -0.15) is 28.1 Å². The molecule has 16 heteroatoms. The molecule has 5 aromatic carbocycles. The monoisotopic (exact) mass is 862 g/mol. The van der Waals surface area contributed by atoms with Crippen LogP contribution >= 0.6 is 11.6 Å². The van der Waals surface area contributed by atoms with Crippen molar-refractivity contribution < 1.29 is 32.3 Å². The standard InChI is InChI=1S/C46H42ClF3N8O4/c1-44(2,27-52-39(60)40(61)53-36-20-12-32(13-21-36)31-10-8-30(9-11-31)29-6-4-3-5-7-29)26-51-38(59)33-14-22-37(23-15-33)54-41-55-42(57-43(56-41)62-28-46(48,49)50)58-45(24-25-45)34-16-18-35(47)19-17-34/h3-23H,24-28H2,1-2H3,(H,51,59)(H,52,60)(H,53,61)(H2,54,55,56,57,58). The van der Waals surface area contributed by atoms with Crippen molar-refractivity contribution in [1.82, 2.24) is 25.6 Å². The number of ether oxygens (including phenoxy) is 1. The summed E-state index contributed by atoms with van der Waals surface area (Å²) in [7, 11) is 0. The maximum atomic E-state index is 13.1. The second-order valence-corrected chi connectivity index (χ2v) is 16.0. The lowest BCUT2D eigenvalue weighted by atomic mass is 9.93. The number of alkyl halides is 3. The average Bonchev–Trinajstić information content (AvgIpc) is 4.05. The van der Waals surface area contributed by atoms with Crippen molar-refractivity contribution in [3.63, 3.8) is 0 Å². The van der Waals surface area contributed by atoms with Crippen molar-refractivity contribution in [3.8, 4) is 28.3 Å². The first-order valence-electron chi connectivity index (χ1n) is 19.6. The number of nitrogens with one attached hydrogen (secondary N) is 5. The highest BCUT2D eigenvalue weighted by molar-refractivity contribution is 6.39. The number of hydrogen-bond acceptors (Lipinski definition) is 9. The van der Waals surface area contributed by atoms with Crippen LogP contribution in [0.1, 0.15) is 42.6 Å². The normalized spacial score (nSPS) is 13.1. The van der Waals surface area contributed by atoms with Gasteiger partial charge in [0.05, 0.1) is 5.54 Å². The molecule has 1 aromatic heterocycles. The lowest BCUT2D eigenvalue weighted by Gasteiger charge is -2.25. The number of rotatable bonds is 15. The minimum Gasteiger partial charge on any atom is -0.454 e. The van der Waals surface area contributed by atoms with Crippen LogP contribution < -0.4 is 31.3 Å². The lowest BCUT2D eigenvalue weighted by Crippen LogP contribution is -2.44. The minimum atomic E-state index is -4.61. The van der Waals surface area contributed by atoms with Crippen LogP contribution in [-0.4, -0.2) is 58.5 Å². The first-order valence-corrected chi connectivity index (χ1v) is 20.0. The van der Waals surface area contributed by atoms with Crippen molar-refractivity contribution in [1.29, 1.82) is 0 Å². The zero-order valence-corrected chi connectivity index (χ0v) is 34.4. The van der Waals surface area contributed by atoms with Crippen LogP contribution in [0, 0.1) is 5.41 Å². The molecule has 1 saturated carbocycles. The number of carbonyl (C=O) groups is 3. The van der Waals surface area contributed by atoms with E-state index in [1.54, 1.807) is 48.5 Å². The fourth-order valence-corrected chi connectivity index (χ4v) is 6.54. The maximum absolute atomic E-state index is 13.1. The fraction of sp³-hybridized carbons (Fsp3) is 0.217. The molecular formula is C46H42ClF3N8O4. The largest absolute Gasteiger partial charge is 0.454 e. The summed E-state index contributed by atoms with van der Waals surface area (Å²) >= 11 is 6.05. The molecule has 6 aromatic rings. The van der Waals surface area contributed by atoms with Gasteiger partial charge in [0.25, 0.3) is 5.91 Å². The first-order chi connectivity index (χ1) is 29.6. The Morgan fingerprint density at radius 2 is 1.21 bits per heavy atom. The number of anilines is 4. The van der Waals surface area contributed by atoms with Crippen molar-refractivity contribution in [3.05, 3.63) is 144 Å². The number of nitrogens with zero attached hydrogens (tertiary/aromatic N) is 3. The van der Waals surface area contributed by atoms with Gasteiger partial charge >= 0.3 is 24.0 Å². The summed E-state index contributed by atoms with van der Waals surface area (Å²) in [5.74, 6) is -2.11. The number of benzene rings is 5. The Labute approximate surface area is 360 Å². The topological polar surface area (TPSA) is 159 Å². The van der Waals surface area contributed by atoms with E-state index in [4.69, 9.17) is 16.3 Å². The molecular weight excluding hydrogens is 821 g/mol. The second kappa shape index (κ2) is 18.3. The van der Waals surface area contributed by atoms with E-state index in [-0.39, 0.29) is 25.0 Å². The molecule has 3 amide bonds. The molecule has 0 spiro atoms. The van der Waals surface area contributed by atoms with Crippen molar-refractivity contribution in [2.75, 3.05) is 35.6 Å². The molecule has 0 aliphatic heterocycles. The van der Waals surface area contributed by atoms with E-state index < -0.39 is 47.5 Å². The molecule has 1 fully saturated rings. The number of amides is 3. The lowest BCUT2D eigenvalue weighted by molar-refractivity contribution is -0.154. The van der Waals surface area contributed by atoms with Crippen LogP contribution in [0.2, 0.25) is 5.02 Å². The van der Waals surface area contributed by atoms with Gasteiger partial charge in [-0.3, -0.25) is 14.4 Å². The van der Waals surface area contributed by atoms with E-state index in [1.165, 1.54) is 0 Å². The van der Waals surface area contributed by atoms with E-state index >= 15 is 0 Å². The highest BCUT2D eigenvalue weighted by Gasteiger charge is 2.45. The highest BCUT2D eigenvalue weighted by atomic mass is 35.5. The van der Waals surface area contributed by atoms with Crippen LogP contribution in [0.4, 0.5) is 36.4 Å². The molecule has 0 radical (unpaired) electrons. The maximum Gasteiger partial charge on any atom is 0.422 e. The number of aromatic nitrogens is 3. The summed E-state index contributed by atoms with van der Waals surface area (Å²) in [6, 6.07) is 38.4. The summed E-state index contributed by atoms with van der Waals surface area (Å²) in [5.41, 5.74) is 5.18. The summed E-state index contributed by atoms with van der Waals surface area (Å²) in [6.07, 6.45) is -3.15. The zero-order chi connectivity index (χ0) is 43.9. The second-order valence-electron chi connectivity index (χ2n) is 15.6. The smallest absolute Gasteiger partial charge is 0.422 e. The Morgan fingerprint density at radius 1 is 0.661 bits per heavy atom. The molecule has 0 atom stereocenters. The molecule has 0 saturated heterocycles. The van der Waals surface area contributed by atoms with Gasteiger partial charge in [-0.1, -0.05) is 104 Å². The third kappa shape index (κ3) is 11.6. The van der Waals surface area contributed by atoms with Crippen molar-refractivity contribution in [2.45, 2.75) is 38.4 Å². The van der Waals surface area contributed by atoms with Crippen molar-refractivity contribution in [2.24, 2.45) is 5.41 Å². The van der Waals surface area contributed by atoms with Gasteiger partial charge in [0.2, 0.25) is 11.9 Å². The van der Waals surface area contributed by atoms with E-state index in [0.717, 1.165) is 40.7 Å². The molecule has 0 unspecified atom stereocenters. The Kier molecular flexibility index (Phi) is 12.7. The van der Waals surface area contributed by atoms with Crippen LogP contribution in [0.5, 0.6) is 6.01 Å². The molecule has 5 N–H and O–H groups in total. The van der Waals surface area contributed by atoms with Gasteiger partial charge in [-0.05, 0) is 94.6 Å². The van der Waals surface area contributed by atoms with Gasteiger partial charge < -0.3 is 31.3 Å². The summed E-state index contributed by atoms with van der Waals surface area (Å²) in [5, 5.41) is 14.8. The highest BCUT2D eigenvalue weighted by Crippen LogP contribution is 2.48. The molecule has 7 rings (SSSR count). The Hall–Kier alpha value is -7.00. The van der Waals surface area contributed by atoms with E-state index in [9.17, 15) is 27.6 Å². The molecule has 318 valence electrons. The number of hydrogen-bond donors (Lipinski definition) is 5. The average molecular weight is 863 g/mol. The predicted molar refractivity (Wildman–Crippen MR) is 232 cm³/mol. The van der Waals surface area contributed by atoms with Crippen LogP contribution in [-0.2, 0) is 15.1 Å². The van der Waals surface area contributed by atoms with Gasteiger partial charge in [0, 0.05) is 35.1 Å². The zero-order valence-electron chi connectivity index (χ0n) is 33.6. The molecule has 0 bridgehead atoms. The number of carbonyl (C=O) groups excluding carboxylic acids is 3. The summed E-state index contributed by atoms with van der Waals surface area (Å²) in [6.45, 7) is 2.32. The van der Waals surface area contributed by atoms with Crippen LogP contribution in [0.25, 0.3) is 22.3 Å². The molecule has 62 heavy (non-hydrogen) atoms. The third-order valence-electron chi connectivity index (χ3n) is 10.0. The number of halogens is 4. The van der Waals surface area contributed by atoms with Crippen molar-refractivity contribution >= 4 is 52.6 Å². The molecule has 1 aliphatic rings. The fourth-order valence-electron chi connectivity index (χ4n) is 6.41. The van der Waals surface area contributed by atoms with Gasteiger partial charge in [-0.25, -0.2) is 0 Å². The first kappa shape index (κ1) is 43.1. The van der Waals surface area contributed by atoms with E-state index in [1.807, 2.05) is 68.4 Å². The molecule has 1 heterocycles.